The van der Waals surface area contributed by atoms with Crippen LogP contribution in [0, 0.1) is 11.3 Å². The van der Waals surface area contributed by atoms with Crippen molar-refractivity contribution in [3.63, 3.8) is 0 Å². The Morgan fingerprint density at radius 1 is 1.57 bits per heavy atom. The van der Waals surface area contributed by atoms with E-state index in [0.717, 1.165) is 6.07 Å². The molecule has 0 aliphatic carbocycles. The number of carbonyl (C=O) groups is 1. The van der Waals surface area contributed by atoms with Crippen molar-refractivity contribution in [2.45, 2.75) is 6.54 Å². The molecule has 5 heteroatoms. The van der Waals surface area contributed by atoms with Crippen LogP contribution in [0.5, 0.6) is 5.75 Å². The van der Waals surface area contributed by atoms with Crippen molar-refractivity contribution in [1.29, 1.82) is 5.26 Å². The number of nitrogens with zero attached hydrogens (tertiary/aromatic N) is 1. The van der Waals surface area contributed by atoms with Crippen molar-refractivity contribution >= 4 is 5.97 Å². The number of aromatic carboxylic acids is 1. The van der Waals surface area contributed by atoms with Gasteiger partial charge in [-0.25, -0.2) is 4.79 Å². The zero-order chi connectivity index (χ0) is 10.7. The van der Waals surface area contributed by atoms with E-state index >= 15 is 0 Å². The Kier molecular flexibility index (Phi) is 2.70. The summed E-state index contributed by atoms with van der Waals surface area (Å²) in [6.07, 6.45) is 0. The van der Waals surface area contributed by atoms with Gasteiger partial charge in [0.2, 0.25) is 0 Å². The summed E-state index contributed by atoms with van der Waals surface area (Å²) >= 11 is 0. The predicted octanol–water partition coefficient (Wildman–Crippen LogP) is 0.421. The number of rotatable bonds is 2. The minimum atomic E-state index is -1.28. The van der Waals surface area contributed by atoms with Gasteiger partial charge in [-0.3, -0.25) is 0 Å². The lowest BCUT2D eigenvalue weighted by Crippen LogP contribution is -2.03. The van der Waals surface area contributed by atoms with Crippen LogP contribution in [0.15, 0.2) is 12.1 Å². The average molecular weight is 192 g/mol. The zero-order valence-electron chi connectivity index (χ0n) is 7.19. The fraction of sp³-hybridized carbons (Fsp3) is 0.111. The molecule has 0 saturated heterocycles. The highest BCUT2D eigenvalue weighted by atomic mass is 16.4. The molecule has 0 aliphatic rings. The van der Waals surface area contributed by atoms with Crippen molar-refractivity contribution in [2.24, 2.45) is 5.73 Å². The first-order chi connectivity index (χ1) is 6.60. The van der Waals surface area contributed by atoms with Crippen molar-refractivity contribution in [2.75, 3.05) is 0 Å². The van der Waals surface area contributed by atoms with Crippen molar-refractivity contribution in [1.82, 2.24) is 0 Å². The summed E-state index contributed by atoms with van der Waals surface area (Å²) in [5.74, 6) is -1.66. The van der Waals surface area contributed by atoms with Gasteiger partial charge in [0, 0.05) is 12.1 Å². The molecule has 0 amide bonds. The van der Waals surface area contributed by atoms with Gasteiger partial charge in [0.05, 0.1) is 11.6 Å². The van der Waals surface area contributed by atoms with Crippen LogP contribution >= 0.6 is 0 Å². The van der Waals surface area contributed by atoms with Crippen LogP contribution < -0.4 is 5.73 Å². The van der Waals surface area contributed by atoms with E-state index in [2.05, 4.69) is 0 Å². The molecule has 5 nitrogen and oxygen atoms in total. The number of hydrogen-bond donors (Lipinski definition) is 3. The molecule has 0 spiro atoms. The van der Waals surface area contributed by atoms with Crippen molar-refractivity contribution in [3.05, 3.63) is 28.8 Å². The maximum absolute atomic E-state index is 10.6. The minimum absolute atomic E-state index is 0.0123. The first kappa shape index (κ1) is 10.0. The normalized spacial score (nSPS) is 9.43. The van der Waals surface area contributed by atoms with Gasteiger partial charge in [0.25, 0.3) is 0 Å². The van der Waals surface area contributed by atoms with E-state index in [9.17, 15) is 9.90 Å². The lowest BCUT2D eigenvalue weighted by molar-refractivity contribution is 0.0693. The van der Waals surface area contributed by atoms with Gasteiger partial charge < -0.3 is 15.9 Å². The van der Waals surface area contributed by atoms with Crippen LogP contribution in [-0.2, 0) is 6.54 Å². The van der Waals surface area contributed by atoms with E-state index in [1.54, 1.807) is 6.07 Å². The SMILES string of the molecule is N#Cc1cc(CN)c(O)c(C(=O)O)c1. The monoisotopic (exact) mass is 192 g/mol. The first-order valence-electron chi connectivity index (χ1n) is 3.79. The second-order valence-electron chi connectivity index (χ2n) is 2.65. The molecular weight excluding hydrogens is 184 g/mol. The summed E-state index contributed by atoms with van der Waals surface area (Å²) < 4.78 is 0. The molecule has 4 N–H and O–H groups in total. The predicted molar refractivity (Wildman–Crippen MR) is 47.7 cm³/mol. The highest BCUT2D eigenvalue weighted by molar-refractivity contribution is 5.91. The lowest BCUT2D eigenvalue weighted by Gasteiger charge is -2.05. The van der Waals surface area contributed by atoms with Gasteiger partial charge in [-0.05, 0) is 12.1 Å². The topological polar surface area (TPSA) is 107 Å². The Morgan fingerprint density at radius 3 is 2.64 bits per heavy atom. The number of carboxylic acid groups (broad SMARTS) is 1. The molecule has 0 saturated carbocycles. The van der Waals surface area contributed by atoms with Crippen molar-refractivity contribution < 1.29 is 15.0 Å². The molecule has 14 heavy (non-hydrogen) atoms. The summed E-state index contributed by atoms with van der Waals surface area (Å²) in [6, 6.07) is 4.27. The van der Waals surface area contributed by atoms with Gasteiger partial charge in [0.1, 0.15) is 11.3 Å². The summed E-state index contributed by atoms with van der Waals surface area (Å²) in [6.45, 7) is -0.0123. The summed E-state index contributed by atoms with van der Waals surface area (Å²) in [5, 5.41) is 26.7. The molecule has 1 aromatic rings. The fourth-order valence-electron chi connectivity index (χ4n) is 1.08. The third-order valence-electron chi connectivity index (χ3n) is 1.77. The van der Waals surface area contributed by atoms with Crippen LogP contribution in [0.3, 0.4) is 0 Å². The first-order valence-corrected chi connectivity index (χ1v) is 3.79. The number of benzene rings is 1. The summed E-state index contributed by atoms with van der Waals surface area (Å²) in [5.41, 5.74) is 5.40. The Bertz CT molecular complexity index is 421. The number of nitriles is 1. The maximum Gasteiger partial charge on any atom is 0.339 e. The molecule has 0 unspecified atom stereocenters. The smallest absolute Gasteiger partial charge is 0.339 e. The van der Waals surface area contributed by atoms with E-state index in [1.165, 1.54) is 6.07 Å². The quantitative estimate of drug-likeness (QED) is 0.629. The van der Waals surface area contributed by atoms with Gasteiger partial charge in [0.15, 0.2) is 0 Å². The number of carboxylic acids is 1. The molecule has 0 aromatic heterocycles. The summed E-state index contributed by atoms with van der Waals surface area (Å²) in [4.78, 5) is 10.6. The number of nitrogens with two attached hydrogens (primary N) is 1. The summed E-state index contributed by atoms with van der Waals surface area (Å²) in [7, 11) is 0. The van der Waals surface area contributed by atoms with Crippen molar-refractivity contribution in [3.8, 4) is 11.8 Å². The van der Waals surface area contributed by atoms with Gasteiger partial charge >= 0.3 is 5.97 Å². The maximum atomic E-state index is 10.6. The largest absolute Gasteiger partial charge is 0.507 e. The molecule has 72 valence electrons. The van der Waals surface area contributed by atoms with Crippen LogP contribution in [0.1, 0.15) is 21.5 Å². The zero-order valence-corrected chi connectivity index (χ0v) is 7.19. The van der Waals surface area contributed by atoms with E-state index < -0.39 is 5.97 Å². The number of hydrogen-bond acceptors (Lipinski definition) is 4. The third-order valence-corrected chi connectivity index (χ3v) is 1.77. The third kappa shape index (κ3) is 1.65. The van der Waals surface area contributed by atoms with E-state index in [1.807, 2.05) is 0 Å². The highest BCUT2D eigenvalue weighted by Crippen LogP contribution is 2.24. The minimum Gasteiger partial charge on any atom is -0.507 e. The molecule has 0 aliphatic heterocycles. The second-order valence-corrected chi connectivity index (χ2v) is 2.65. The Labute approximate surface area is 80.0 Å². The van der Waals surface area contributed by atoms with Crippen LogP contribution in [0.2, 0.25) is 0 Å². The number of phenols is 1. The Balaban J connectivity index is 3.44. The molecule has 0 radical (unpaired) electrons. The van der Waals surface area contributed by atoms with E-state index in [0.29, 0.717) is 0 Å². The lowest BCUT2D eigenvalue weighted by atomic mass is 10.0. The van der Waals surface area contributed by atoms with E-state index in [-0.39, 0.29) is 29.0 Å². The second kappa shape index (κ2) is 3.77. The molecule has 1 rings (SSSR count). The Hall–Kier alpha value is -2.06. The molecule has 0 bridgehead atoms. The van der Waals surface area contributed by atoms with Crippen LogP contribution in [-0.4, -0.2) is 16.2 Å². The van der Waals surface area contributed by atoms with Gasteiger partial charge in [-0.15, -0.1) is 0 Å². The van der Waals surface area contributed by atoms with Crippen LogP contribution in [0.4, 0.5) is 0 Å². The molecule has 0 fully saturated rings. The fourth-order valence-corrected chi connectivity index (χ4v) is 1.08. The standard InChI is InChI=1S/C9H8N2O3/c10-3-5-1-6(4-11)8(12)7(2-5)9(13)14/h1-2,12H,4,11H2,(H,13,14). The highest BCUT2D eigenvalue weighted by Gasteiger charge is 2.14. The molecular formula is C9H8N2O3. The van der Waals surface area contributed by atoms with Gasteiger partial charge in [-0.1, -0.05) is 0 Å². The molecule has 0 heterocycles. The number of aromatic hydroxyl groups is 1. The molecule has 0 atom stereocenters. The van der Waals surface area contributed by atoms with E-state index in [4.69, 9.17) is 16.1 Å². The van der Waals surface area contributed by atoms with Crippen LogP contribution in [0.25, 0.3) is 0 Å². The molecule has 1 aromatic carbocycles. The van der Waals surface area contributed by atoms with Gasteiger partial charge in [-0.2, -0.15) is 5.26 Å². The average Bonchev–Trinajstić information content (AvgIpc) is 2.17. The Morgan fingerprint density at radius 2 is 2.21 bits per heavy atom.